The third kappa shape index (κ3) is 17.0. The molecule has 0 bridgehead atoms. The van der Waals surface area contributed by atoms with Gasteiger partial charge in [-0.05, 0) is 203 Å². The van der Waals surface area contributed by atoms with Crippen molar-refractivity contribution in [2.75, 3.05) is 66.1 Å². The third-order valence-corrected chi connectivity index (χ3v) is 26.7. The number of ether oxygens (including phenoxy) is 8. The number of carbonyl (C=O) groups is 1. The van der Waals surface area contributed by atoms with Gasteiger partial charge in [-0.2, -0.15) is 8.42 Å². The van der Waals surface area contributed by atoms with Crippen LogP contribution >= 0.6 is 46.4 Å². The van der Waals surface area contributed by atoms with Crippen LogP contribution in [0.4, 0.5) is 35.1 Å². The predicted molar refractivity (Wildman–Crippen MR) is 423 cm³/mol. The van der Waals surface area contributed by atoms with Crippen molar-refractivity contribution in [3.8, 4) is 23.0 Å². The molecular weight excluding hydrogens is 1610 g/mol. The van der Waals surface area contributed by atoms with Crippen LogP contribution in [0.25, 0.3) is 0 Å². The van der Waals surface area contributed by atoms with Gasteiger partial charge < -0.3 is 47.8 Å². The summed E-state index contributed by atoms with van der Waals surface area (Å²) in [4.78, 5) is 11.6. The van der Waals surface area contributed by atoms with Crippen LogP contribution in [-0.4, -0.2) is 110 Å². The van der Waals surface area contributed by atoms with E-state index in [2.05, 4.69) is 6.58 Å². The van der Waals surface area contributed by atoms with Crippen LogP contribution < -0.4 is 18.9 Å². The van der Waals surface area contributed by atoms with Crippen LogP contribution in [0, 0.1) is 77.1 Å². The maximum atomic E-state index is 15.4. The fourth-order valence-corrected chi connectivity index (χ4v) is 20.2. The molecule has 116 heavy (non-hydrogen) atoms. The quantitative estimate of drug-likeness (QED) is 0.0398. The van der Waals surface area contributed by atoms with E-state index in [1.54, 1.807) is 54.6 Å². The molecular formula is C90H84Cl4F8O13S. The van der Waals surface area contributed by atoms with Crippen LogP contribution in [0.1, 0.15) is 88.6 Å². The second-order valence-corrected chi connectivity index (χ2v) is 34.1. The molecule has 0 radical (unpaired) electrons. The summed E-state index contributed by atoms with van der Waals surface area (Å²) < 4.78 is 195. The number of aldehydes is 1. The highest BCUT2D eigenvalue weighted by Gasteiger charge is 2.58. The molecule has 0 spiro atoms. The van der Waals surface area contributed by atoms with Crippen molar-refractivity contribution >= 4 is 62.8 Å². The minimum Gasteiger partial charge on any atom is -0.490 e. The van der Waals surface area contributed by atoms with Crippen LogP contribution in [0.15, 0.2) is 187 Å². The number of hydrogen-bond acceptors (Lipinski definition) is 13. The van der Waals surface area contributed by atoms with Gasteiger partial charge in [0.25, 0.3) is 10.1 Å². The zero-order valence-corrected chi connectivity index (χ0v) is 66.9. The van der Waals surface area contributed by atoms with Crippen molar-refractivity contribution in [2.45, 2.75) is 122 Å². The minimum absolute atomic E-state index is 0.00450. The first kappa shape index (κ1) is 84.4. The van der Waals surface area contributed by atoms with Crippen molar-refractivity contribution in [2.24, 2.45) is 23.7 Å². The van der Waals surface area contributed by atoms with E-state index in [1.807, 2.05) is 67.6 Å². The Labute approximate surface area is 688 Å². The minimum atomic E-state index is -3.94. The molecule has 13 nitrogen and oxygen atoms in total. The van der Waals surface area contributed by atoms with Gasteiger partial charge in [0, 0.05) is 121 Å². The number of benzene rings is 9. The lowest BCUT2D eigenvalue weighted by Crippen LogP contribution is -2.55. The maximum Gasteiger partial charge on any atom is 0.296 e. The Balaban J connectivity index is 0.000000129. The van der Waals surface area contributed by atoms with Crippen molar-refractivity contribution < 1.29 is 95.5 Å². The first-order valence-electron chi connectivity index (χ1n) is 38.4. The molecule has 1 N–H and O–H groups in total. The van der Waals surface area contributed by atoms with Crippen molar-refractivity contribution in [1.29, 1.82) is 0 Å². The topological polar surface area (TPSA) is 155 Å². The van der Waals surface area contributed by atoms with Gasteiger partial charge in [-0.15, -0.1) is 6.58 Å². The van der Waals surface area contributed by atoms with Crippen LogP contribution in [-0.2, 0) is 85.4 Å². The molecule has 9 aromatic carbocycles. The number of carbonyl (C=O) groups excluding carboxylic acids is 1. The molecule has 17 rings (SSSR count). The molecule has 4 saturated heterocycles. The van der Waals surface area contributed by atoms with Gasteiger partial charge >= 0.3 is 0 Å². The molecule has 612 valence electrons. The number of aliphatic hydroxyl groups is 1. The first-order chi connectivity index (χ1) is 55.8. The number of halogens is 12. The summed E-state index contributed by atoms with van der Waals surface area (Å²) in [6.45, 7) is 7.74. The van der Waals surface area contributed by atoms with Crippen LogP contribution in [0.2, 0.25) is 20.1 Å². The molecule has 8 heterocycles. The molecule has 0 saturated carbocycles. The van der Waals surface area contributed by atoms with Gasteiger partial charge in [-0.1, -0.05) is 119 Å². The van der Waals surface area contributed by atoms with Gasteiger partial charge in [0.2, 0.25) is 0 Å². The molecule has 0 aromatic heterocycles. The van der Waals surface area contributed by atoms with Gasteiger partial charge in [0.05, 0.1) is 56.2 Å². The lowest BCUT2D eigenvalue weighted by Gasteiger charge is -2.51. The van der Waals surface area contributed by atoms with E-state index in [0.717, 1.165) is 70.5 Å². The molecule has 0 aliphatic carbocycles. The van der Waals surface area contributed by atoms with Gasteiger partial charge in [-0.3, -0.25) is 4.18 Å². The Bertz CT molecular complexity index is 4990. The summed E-state index contributed by atoms with van der Waals surface area (Å²) >= 11 is 24.0. The predicted octanol–water partition coefficient (Wildman–Crippen LogP) is 19.5. The van der Waals surface area contributed by atoms with Gasteiger partial charge in [0.15, 0.2) is 46.3 Å². The summed E-state index contributed by atoms with van der Waals surface area (Å²) in [5, 5.41) is 11.9. The third-order valence-electron chi connectivity index (χ3n) is 24.3. The van der Waals surface area contributed by atoms with Gasteiger partial charge in [0.1, 0.15) is 35.7 Å². The fourth-order valence-electron chi connectivity index (χ4n) is 18.8. The second-order valence-electron chi connectivity index (χ2n) is 30.7. The molecule has 2 unspecified atom stereocenters. The van der Waals surface area contributed by atoms with Gasteiger partial charge in [-0.25, -0.2) is 35.1 Å². The zero-order valence-electron chi connectivity index (χ0n) is 63.1. The van der Waals surface area contributed by atoms with E-state index < -0.39 is 96.4 Å². The largest absolute Gasteiger partial charge is 0.490 e. The van der Waals surface area contributed by atoms with Crippen LogP contribution in [0.5, 0.6) is 23.0 Å². The van der Waals surface area contributed by atoms with Crippen molar-refractivity contribution in [3.05, 3.63) is 299 Å². The standard InChI is InChI=1S/C28H27ClF2O5S.C21H21ClF2O3.C21H19ClF2O2.C20H17ClF2O3/c1-18-2-8-21(9-3-18)37(32,33)36-14-12-25-22-17-35-27-24(31)11-10-23(30)26(27)28(22,13-15-34-25)16-19-4-6-20(29)7-5-19;22-14-3-1-13(2-4-14)11-21-8-10-26-18(7-9-25)15(21)12-27-20-17(24)6-5-16(23)19(20)21;1-2-18-15-12-26-20-17(24)8-7-16(23)19(20)21(15,9-10-25-18)11-13-3-5-14(22)6-4-13;21-13-3-1-12(2-4-13)9-20-7-8-25-17(10-24)14(20)11-26-19-16(23)6-5-15(22)18(19)20/h2-11,22,25H,12-17H2,1H3;1-6,15,18,25H,7-12H2;2-8,15,18H,1,9-12H2;1-6,10,14,17H,7-9,11H2/t22-,25-,28-;15-,18-,21-;15?,18-,21-;14?,17-,20-/m0000/s1. The average molecular weight is 1700 g/mol. The Morgan fingerprint density at radius 1 is 0.414 bits per heavy atom. The van der Waals surface area contributed by atoms with E-state index in [4.69, 9.17) is 88.5 Å². The fraction of sp³-hybridized carbons (Fsp3) is 0.367. The Hall–Kier alpha value is -8.10. The Morgan fingerprint density at radius 2 is 0.707 bits per heavy atom. The highest BCUT2D eigenvalue weighted by Crippen LogP contribution is 2.58. The van der Waals surface area contributed by atoms with E-state index in [0.29, 0.717) is 115 Å². The zero-order chi connectivity index (χ0) is 81.8. The molecule has 4 fully saturated rings. The molecule has 8 aliphatic heterocycles. The lowest BCUT2D eigenvalue weighted by molar-refractivity contribution is -0.136. The molecule has 26 heteroatoms. The normalized spacial score (nSPS) is 25.8. The first-order valence-corrected chi connectivity index (χ1v) is 41.3. The second kappa shape index (κ2) is 35.8. The number of hydrogen-bond donors (Lipinski definition) is 1. The van der Waals surface area contributed by atoms with E-state index in [-0.39, 0.29) is 115 Å². The number of rotatable bonds is 17. The maximum absolute atomic E-state index is 15.4. The highest BCUT2D eigenvalue weighted by atomic mass is 35.5. The van der Waals surface area contributed by atoms with Crippen molar-refractivity contribution in [1.82, 2.24) is 0 Å². The average Bonchev–Trinajstić information content (AvgIpc) is 0.742. The number of aryl methyl sites for hydroxylation is 1. The summed E-state index contributed by atoms with van der Waals surface area (Å²) in [5.41, 5.74) is 2.95. The summed E-state index contributed by atoms with van der Waals surface area (Å²) in [5.74, 6) is -5.41. The van der Waals surface area contributed by atoms with Crippen LogP contribution in [0.3, 0.4) is 0 Å². The highest BCUT2D eigenvalue weighted by molar-refractivity contribution is 7.86. The molecule has 9 aromatic rings. The molecule has 12 atom stereocenters. The molecule has 0 amide bonds. The van der Waals surface area contributed by atoms with E-state index >= 15 is 4.39 Å². The lowest BCUT2D eigenvalue weighted by atomic mass is 9.60. The number of fused-ring (bicyclic) bond motifs is 12. The van der Waals surface area contributed by atoms with Crippen molar-refractivity contribution in [3.63, 3.8) is 0 Å². The Kier molecular flexibility index (Phi) is 26.1. The Morgan fingerprint density at radius 3 is 1.03 bits per heavy atom. The summed E-state index contributed by atoms with van der Waals surface area (Å²) in [6, 6.07) is 44.9. The SMILES string of the molecule is C=C[C@@H]1OCC[C@@]2(Cc3ccc(Cl)cc3)c3c(F)ccc(F)c3OCC12.Cc1ccc(S(=O)(=O)OCC[C@@H]2OCC[C@@]3(Cc4ccc(Cl)cc4)c4c(F)ccc(F)c4OC[C@@H]23)cc1.O=C[C@@H]1OCC[C@@]2(Cc3ccc(Cl)cc3)c3c(F)ccc(F)c3OCC12.OCC[C@@H]1OCC[C@@]2(Cc3ccc(Cl)cc3)c3c(F)ccc(F)c3OC[C@@H]12. The monoisotopic (exact) mass is 1700 g/mol. The van der Waals surface area contributed by atoms with E-state index in [9.17, 15) is 49.1 Å². The van der Waals surface area contributed by atoms with E-state index in [1.165, 1.54) is 24.3 Å². The number of aliphatic hydroxyl groups excluding tert-OH is 1. The smallest absolute Gasteiger partial charge is 0.296 e. The summed E-state index contributed by atoms with van der Waals surface area (Å²) in [6.07, 6.45) is 5.41. The summed E-state index contributed by atoms with van der Waals surface area (Å²) in [7, 11) is -3.94. The molecule has 8 aliphatic rings.